The number of benzene rings is 1. The highest BCUT2D eigenvalue weighted by atomic mass is 16.4. The van der Waals surface area contributed by atoms with Gasteiger partial charge in [0.1, 0.15) is 0 Å². The van der Waals surface area contributed by atoms with Crippen molar-refractivity contribution in [1.29, 1.82) is 0 Å². The Kier molecular flexibility index (Phi) is 3.15. The minimum Gasteiger partial charge on any atom is -0.478 e. The molecule has 0 radical (unpaired) electrons. The molecule has 0 aliphatic heterocycles. The molecule has 96 valence electrons. The first-order chi connectivity index (χ1) is 8.97. The molecule has 0 fully saturated rings. The standard InChI is InChI=1S/C13H10N2O4/c14-11-4-10(5-15-6-11)7-1-8(12(16)17)3-9(2-7)13(18)19/h1-6H,14H2,(H,16,17)(H,18,19). The quantitative estimate of drug-likeness (QED) is 0.772. The molecule has 1 heterocycles. The molecule has 0 amide bonds. The Bertz CT molecular complexity index is 635. The third kappa shape index (κ3) is 2.68. The van der Waals surface area contributed by atoms with E-state index in [0.717, 1.165) is 6.07 Å². The lowest BCUT2D eigenvalue weighted by atomic mass is 10.0. The summed E-state index contributed by atoms with van der Waals surface area (Å²) >= 11 is 0. The summed E-state index contributed by atoms with van der Waals surface area (Å²) in [6.45, 7) is 0. The van der Waals surface area contributed by atoms with Crippen LogP contribution in [0.3, 0.4) is 0 Å². The van der Waals surface area contributed by atoms with E-state index in [1.165, 1.54) is 24.5 Å². The van der Waals surface area contributed by atoms with Crippen LogP contribution in [0.25, 0.3) is 11.1 Å². The molecule has 6 nitrogen and oxygen atoms in total. The van der Waals surface area contributed by atoms with E-state index >= 15 is 0 Å². The van der Waals surface area contributed by atoms with E-state index < -0.39 is 11.9 Å². The van der Waals surface area contributed by atoms with Gasteiger partial charge < -0.3 is 15.9 Å². The number of aromatic carboxylic acids is 2. The van der Waals surface area contributed by atoms with Gasteiger partial charge in [0.15, 0.2) is 0 Å². The molecule has 0 aliphatic carbocycles. The Balaban J connectivity index is 2.62. The predicted molar refractivity (Wildman–Crippen MR) is 68.0 cm³/mol. The Morgan fingerprint density at radius 1 is 0.895 bits per heavy atom. The van der Waals surface area contributed by atoms with E-state index in [2.05, 4.69) is 4.98 Å². The van der Waals surface area contributed by atoms with Gasteiger partial charge in [-0.3, -0.25) is 4.98 Å². The highest BCUT2D eigenvalue weighted by molar-refractivity contribution is 5.96. The zero-order valence-corrected chi connectivity index (χ0v) is 9.70. The monoisotopic (exact) mass is 258 g/mol. The fraction of sp³-hybridized carbons (Fsp3) is 0. The summed E-state index contributed by atoms with van der Waals surface area (Å²) < 4.78 is 0. The zero-order valence-electron chi connectivity index (χ0n) is 9.70. The molecule has 1 aromatic heterocycles. The first-order valence-corrected chi connectivity index (χ1v) is 5.30. The topological polar surface area (TPSA) is 114 Å². The second-order valence-corrected chi connectivity index (χ2v) is 3.92. The molecule has 0 saturated heterocycles. The maximum atomic E-state index is 11.0. The number of carboxylic acid groups (broad SMARTS) is 2. The largest absolute Gasteiger partial charge is 0.478 e. The molecule has 2 aromatic rings. The van der Waals surface area contributed by atoms with E-state index in [0.29, 0.717) is 16.8 Å². The van der Waals surface area contributed by atoms with Crippen LogP contribution in [0.5, 0.6) is 0 Å². The van der Waals surface area contributed by atoms with E-state index in [1.807, 2.05) is 0 Å². The number of carboxylic acids is 2. The molecule has 1 aromatic carbocycles. The number of hydrogen-bond acceptors (Lipinski definition) is 4. The third-order valence-electron chi connectivity index (χ3n) is 2.52. The lowest BCUT2D eigenvalue weighted by Gasteiger charge is -2.06. The molecule has 0 bridgehead atoms. The van der Waals surface area contributed by atoms with Crippen LogP contribution in [0, 0.1) is 0 Å². The summed E-state index contributed by atoms with van der Waals surface area (Å²) in [5.41, 5.74) is 6.81. The Morgan fingerprint density at radius 3 is 1.95 bits per heavy atom. The maximum absolute atomic E-state index is 11.0. The highest BCUT2D eigenvalue weighted by Gasteiger charge is 2.12. The maximum Gasteiger partial charge on any atom is 0.335 e. The first kappa shape index (κ1) is 12.6. The summed E-state index contributed by atoms with van der Waals surface area (Å²) in [6.07, 6.45) is 2.94. The summed E-state index contributed by atoms with van der Waals surface area (Å²) in [5, 5.41) is 18.0. The fourth-order valence-corrected chi connectivity index (χ4v) is 1.66. The minimum atomic E-state index is -1.19. The molecule has 0 saturated carbocycles. The third-order valence-corrected chi connectivity index (χ3v) is 2.52. The number of aromatic nitrogens is 1. The van der Waals surface area contributed by atoms with Gasteiger partial charge in [-0.25, -0.2) is 9.59 Å². The molecule has 0 spiro atoms. The lowest BCUT2D eigenvalue weighted by Crippen LogP contribution is -2.03. The normalized spacial score (nSPS) is 10.1. The molecule has 0 unspecified atom stereocenters. The molecule has 0 aliphatic rings. The minimum absolute atomic E-state index is 0.0997. The van der Waals surface area contributed by atoms with Crippen LogP contribution in [0.2, 0.25) is 0 Å². The zero-order chi connectivity index (χ0) is 14.0. The van der Waals surface area contributed by atoms with E-state index in [-0.39, 0.29) is 11.1 Å². The van der Waals surface area contributed by atoms with Crippen molar-refractivity contribution in [1.82, 2.24) is 4.98 Å². The van der Waals surface area contributed by atoms with Crippen LogP contribution in [-0.4, -0.2) is 27.1 Å². The van der Waals surface area contributed by atoms with Crippen molar-refractivity contribution in [3.63, 3.8) is 0 Å². The van der Waals surface area contributed by atoms with Gasteiger partial charge in [-0.2, -0.15) is 0 Å². The van der Waals surface area contributed by atoms with Crippen molar-refractivity contribution in [2.24, 2.45) is 0 Å². The van der Waals surface area contributed by atoms with Crippen LogP contribution in [0.4, 0.5) is 5.69 Å². The lowest BCUT2D eigenvalue weighted by molar-refractivity contribution is 0.0696. The van der Waals surface area contributed by atoms with Gasteiger partial charge in [0, 0.05) is 18.0 Å². The van der Waals surface area contributed by atoms with Crippen LogP contribution >= 0.6 is 0 Å². The fourth-order valence-electron chi connectivity index (χ4n) is 1.66. The molecular formula is C13H10N2O4. The van der Waals surface area contributed by atoms with Crippen LogP contribution in [0.1, 0.15) is 20.7 Å². The van der Waals surface area contributed by atoms with Gasteiger partial charge in [0.25, 0.3) is 0 Å². The van der Waals surface area contributed by atoms with Crippen LogP contribution in [-0.2, 0) is 0 Å². The van der Waals surface area contributed by atoms with E-state index in [9.17, 15) is 9.59 Å². The predicted octanol–water partition coefficient (Wildman–Crippen LogP) is 1.73. The van der Waals surface area contributed by atoms with Gasteiger partial charge in [-0.1, -0.05) is 0 Å². The summed E-state index contributed by atoms with van der Waals surface area (Å²) in [5.74, 6) is -2.39. The molecule has 6 heteroatoms. The first-order valence-electron chi connectivity index (χ1n) is 5.30. The second-order valence-electron chi connectivity index (χ2n) is 3.92. The van der Waals surface area contributed by atoms with Crippen molar-refractivity contribution in [2.75, 3.05) is 5.73 Å². The van der Waals surface area contributed by atoms with Crippen molar-refractivity contribution < 1.29 is 19.8 Å². The Hall–Kier alpha value is -2.89. The average Bonchev–Trinajstić information content (AvgIpc) is 2.38. The van der Waals surface area contributed by atoms with E-state index in [4.69, 9.17) is 15.9 Å². The number of rotatable bonds is 3. The molecule has 4 N–H and O–H groups in total. The highest BCUT2D eigenvalue weighted by Crippen LogP contribution is 2.23. The molecule has 0 atom stereocenters. The molecule has 19 heavy (non-hydrogen) atoms. The van der Waals surface area contributed by atoms with Crippen molar-refractivity contribution in [2.45, 2.75) is 0 Å². The van der Waals surface area contributed by atoms with E-state index in [1.54, 1.807) is 6.07 Å². The number of pyridine rings is 1. The van der Waals surface area contributed by atoms with Crippen molar-refractivity contribution >= 4 is 17.6 Å². The van der Waals surface area contributed by atoms with Gasteiger partial charge in [-0.05, 0) is 29.8 Å². The van der Waals surface area contributed by atoms with Crippen LogP contribution < -0.4 is 5.73 Å². The Morgan fingerprint density at radius 2 is 1.47 bits per heavy atom. The summed E-state index contributed by atoms with van der Waals surface area (Å²) in [4.78, 5) is 25.9. The summed E-state index contributed by atoms with van der Waals surface area (Å²) in [7, 11) is 0. The van der Waals surface area contributed by atoms with Crippen molar-refractivity contribution in [3.05, 3.63) is 47.8 Å². The Labute approximate surface area is 108 Å². The average molecular weight is 258 g/mol. The molecular weight excluding hydrogens is 248 g/mol. The van der Waals surface area contributed by atoms with Crippen molar-refractivity contribution in [3.8, 4) is 11.1 Å². The van der Waals surface area contributed by atoms with Gasteiger partial charge >= 0.3 is 11.9 Å². The van der Waals surface area contributed by atoms with Gasteiger partial charge in [-0.15, -0.1) is 0 Å². The molecule has 2 rings (SSSR count). The number of carbonyl (C=O) groups is 2. The van der Waals surface area contributed by atoms with Gasteiger partial charge in [0.05, 0.1) is 16.8 Å². The number of anilines is 1. The number of nitrogens with two attached hydrogens (primary N) is 1. The summed E-state index contributed by atoms with van der Waals surface area (Å²) in [6, 6.07) is 5.46. The second kappa shape index (κ2) is 4.77. The number of nitrogen functional groups attached to an aromatic ring is 1. The number of nitrogens with zero attached hydrogens (tertiary/aromatic N) is 1. The SMILES string of the molecule is Nc1cncc(-c2cc(C(=O)O)cc(C(=O)O)c2)c1. The number of hydrogen-bond donors (Lipinski definition) is 3. The van der Waals surface area contributed by atoms with Gasteiger partial charge in [0.2, 0.25) is 0 Å². The smallest absolute Gasteiger partial charge is 0.335 e. The van der Waals surface area contributed by atoms with Crippen LogP contribution in [0.15, 0.2) is 36.7 Å².